The summed E-state index contributed by atoms with van der Waals surface area (Å²) in [6, 6.07) is 20.6. The van der Waals surface area contributed by atoms with E-state index in [-0.39, 0.29) is 0 Å². The van der Waals surface area contributed by atoms with Crippen LogP contribution in [0.1, 0.15) is 0 Å². The summed E-state index contributed by atoms with van der Waals surface area (Å²) in [7, 11) is -1.34. The zero-order valence-corrected chi connectivity index (χ0v) is 12.6. The molecular formula is C17H12ClNOS. The van der Waals surface area contributed by atoms with Crippen LogP contribution < -0.4 is 0 Å². The second kappa shape index (κ2) is 6.20. The fraction of sp³-hybridized carbons (Fsp3) is 0. The number of nitrogens with zero attached hydrogens (tertiary/aromatic N) is 1. The maximum Gasteiger partial charge on any atom is 0.132 e. The van der Waals surface area contributed by atoms with E-state index in [1.54, 1.807) is 30.5 Å². The molecule has 2 aromatic carbocycles. The summed E-state index contributed by atoms with van der Waals surface area (Å²) in [6.07, 6.45) is 1.64. The normalized spacial score (nSPS) is 12.0. The van der Waals surface area contributed by atoms with E-state index >= 15 is 0 Å². The van der Waals surface area contributed by atoms with Gasteiger partial charge in [0.15, 0.2) is 0 Å². The van der Waals surface area contributed by atoms with Gasteiger partial charge in [0.1, 0.15) is 15.8 Å². The van der Waals surface area contributed by atoms with Crippen molar-refractivity contribution in [2.45, 2.75) is 9.92 Å². The fourth-order valence-corrected chi connectivity index (χ4v) is 3.40. The topological polar surface area (TPSA) is 30.0 Å². The van der Waals surface area contributed by atoms with Crippen molar-refractivity contribution in [3.8, 4) is 11.1 Å². The Hall–Kier alpha value is -1.97. The van der Waals surface area contributed by atoms with Gasteiger partial charge in [-0.2, -0.15) is 0 Å². The standard InChI is InChI=1S/C17H12ClNOS/c18-14-9-10-16(21(20)17-8-4-5-11-19-17)15(12-14)13-6-2-1-3-7-13/h1-12H. The van der Waals surface area contributed by atoms with E-state index in [4.69, 9.17) is 11.6 Å². The Morgan fingerprint density at radius 3 is 2.38 bits per heavy atom. The number of halogens is 1. The second-order valence-electron chi connectivity index (χ2n) is 4.44. The molecule has 4 heteroatoms. The highest BCUT2D eigenvalue weighted by atomic mass is 35.5. The van der Waals surface area contributed by atoms with E-state index in [9.17, 15) is 4.21 Å². The van der Waals surface area contributed by atoms with Crippen molar-refractivity contribution in [3.63, 3.8) is 0 Å². The minimum absolute atomic E-state index is 0.539. The summed E-state index contributed by atoms with van der Waals surface area (Å²) in [5.74, 6) is 0. The van der Waals surface area contributed by atoms with Crippen LogP contribution in [0.2, 0.25) is 5.02 Å². The monoisotopic (exact) mass is 313 g/mol. The first kappa shape index (κ1) is 14.0. The Balaban J connectivity index is 2.14. The van der Waals surface area contributed by atoms with Crippen LogP contribution in [-0.4, -0.2) is 9.19 Å². The average molecular weight is 314 g/mol. The molecule has 0 N–H and O–H groups in total. The summed E-state index contributed by atoms with van der Waals surface area (Å²) >= 11 is 6.10. The lowest BCUT2D eigenvalue weighted by molar-refractivity contribution is 0.680. The van der Waals surface area contributed by atoms with Gasteiger partial charge >= 0.3 is 0 Å². The average Bonchev–Trinajstić information content (AvgIpc) is 2.56. The van der Waals surface area contributed by atoms with Gasteiger partial charge in [0.25, 0.3) is 0 Å². The highest BCUT2D eigenvalue weighted by Crippen LogP contribution is 2.30. The number of benzene rings is 2. The fourth-order valence-electron chi connectivity index (χ4n) is 2.08. The minimum atomic E-state index is -1.34. The van der Waals surface area contributed by atoms with Crippen molar-refractivity contribution in [1.82, 2.24) is 4.98 Å². The van der Waals surface area contributed by atoms with Crippen molar-refractivity contribution in [3.05, 3.63) is 77.9 Å². The van der Waals surface area contributed by atoms with E-state index < -0.39 is 10.8 Å². The molecule has 0 aliphatic heterocycles. The van der Waals surface area contributed by atoms with Gasteiger partial charge in [0, 0.05) is 11.2 Å². The quantitative estimate of drug-likeness (QED) is 0.709. The van der Waals surface area contributed by atoms with Crippen molar-refractivity contribution < 1.29 is 4.21 Å². The van der Waals surface area contributed by atoms with Gasteiger partial charge in [0.05, 0.1) is 4.90 Å². The molecule has 21 heavy (non-hydrogen) atoms. The van der Waals surface area contributed by atoms with Crippen LogP contribution in [0, 0.1) is 0 Å². The van der Waals surface area contributed by atoms with Crippen LogP contribution >= 0.6 is 11.6 Å². The number of pyridine rings is 1. The van der Waals surface area contributed by atoms with E-state index in [1.807, 2.05) is 42.5 Å². The second-order valence-corrected chi connectivity index (χ2v) is 6.28. The highest BCUT2D eigenvalue weighted by Gasteiger charge is 2.14. The molecule has 0 amide bonds. The Morgan fingerprint density at radius 1 is 0.905 bits per heavy atom. The molecular weight excluding hydrogens is 302 g/mol. The lowest BCUT2D eigenvalue weighted by atomic mass is 10.1. The molecule has 1 aromatic heterocycles. The van der Waals surface area contributed by atoms with Gasteiger partial charge in [-0.15, -0.1) is 0 Å². The molecule has 0 aliphatic carbocycles. The van der Waals surface area contributed by atoms with Crippen LogP contribution in [0.15, 0.2) is 82.8 Å². The van der Waals surface area contributed by atoms with Crippen LogP contribution in [-0.2, 0) is 10.8 Å². The number of hydrogen-bond donors (Lipinski definition) is 0. The number of aromatic nitrogens is 1. The van der Waals surface area contributed by atoms with Crippen molar-refractivity contribution in [2.75, 3.05) is 0 Å². The number of hydrogen-bond acceptors (Lipinski definition) is 2. The molecule has 0 saturated heterocycles. The molecule has 0 saturated carbocycles. The summed E-state index contributed by atoms with van der Waals surface area (Å²) < 4.78 is 12.8. The molecule has 0 spiro atoms. The van der Waals surface area contributed by atoms with Gasteiger partial charge in [-0.05, 0) is 41.5 Å². The summed E-state index contributed by atoms with van der Waals surface area (Å²) in [5, 5.41) is 1.16. The lowest BCUT2D eigenvalue weighted by Gasteiger charge is -2.10. The maximum atomic E-state index is 12.8. The molecule has 1 heterocycles. The predicted octanol–water partition coefficient (Wildman–Crippen LogP) is 4.57. The van der Waals surface area contributed by atoms with E-state index in [0.29, 0.717) is 14.9 Å². The van der Waals surface area contributed by atoms with Crippen molar-refractivity contribution in [2.24, 2.45) is 0 Å². The predicted molar refractivity (Wildman–Crippen MR) is 85.8 cm³/mol. The van der Waals surface area contributed by atoms with Gasteiger partial charge in [-0.3, -0.25) is 0 Å². The van der Waals surface area contributed by atoms with Crippen molar-refractivity contribution in [1.29, 1.82) is 0 Å². The third-order valence-electron chi connectivity index (χ3n) is 3.05. The highest BCUT2D eigenvalue weighted by molar-refractivity contribution is 7.85. The molecule has 2 nitrogen and oxygen atoms in total. The molecule has 0 radical (unpaired) electrons. The zero-order chi connectivity index (χ0) is 14.7. The number of rotatable bonds is 3. The van der Waals surface area contributed by atoms with Crippen LogP contribution in [0.4, 0.5) is 0 Å². The third-order valence-corrected chi connectivity index (χ3v) is 4.67. The first-order valence-corrected chi connectivity index (χ1v) is 7.96. The van der Waals surface area contributed by atoms with Gasteiger partial charge in [-0.1, -0.05) is 48.0 Å². The van der Waals surface area contributed by atoms with Crippen LogP contribution in [0.25, 0.3) is 11.1 Å². The van der Waals surface area contributed by atoms with Gasteiger partial charge in [-0.25, -0.2) is 9.19 Å². The summed E-state index contributed by atoms with van der Waals surface area (Å²) in [4.78, 5) is 4.89. The van der Waals surface area contributed by atoms with E-state index in [0.717, 1.165) is 11.1 Å². The largest absolute Gasteiger partial charge is 0.247 e. The molecule has 104 valence electrons. The molecule has 0 fully saturated rings. The minimum Gasteiger partial charge on any atom is -0.247 e. The maximum absolute atomic E-state index is 12.8. The zero-order valence-electron chi connectivity index (χ0n) is 11.1. The Labute approximate surface area is 130 Å². The molecule has 3 aromatic rings. The Kier molecular flexibility index (Phi) is 4.13. The lowest BCUT2D eigenvalue weighted by Crippen LogP contribution is -1.98. The van der Waals surface area contributed by atoms with Gasteiger partial charge in [0.2, 0.25) is 0 Å². The third kappa shape index (κ3) is 3.04. The Morgan fingerprint density at radius 2 is 1.67 bits per heavy atom. The summed E-state index contributed by atoms with van der Waals surface area (Å²) in [6.45, 7) is 0. The first-order chi connectivity index (χ1) is 10.3. The SMILES string of the molecule is O=S(c1ccccn1)c1ccc(Cl)cc1-c1ccccc1. The smallest absolute Gasteiger partial charge is 0.132 e. The molecule has 0 aliphatic rings. The van der Waals surface area contributed by atoms with Crippen LogP contribution in [0.5, 0.6) is 0 Å². The van der Waals surface area contributed by atoms with E-state index in [2.05, 4.69) is 4.98 Å². The van der Waals surface area contributed by atoms with E-state index in [1.165, 1.54) is 0 Å². The van der Waals surface area contributed by atoms with Crippen LogP contribution in [0.3, 0.4) is 0 Å². The summed E-state index contributed by atoms with van der Waals surface area (Å²) in [5.41, 5.74) is 1.85. The molecule has 1 atom stereocenters. The first-order valence-electron chi connectivity index (χ1n) is 6.43. The molecule has 3 rings (SSSR count). The molecule has 1 unspecified atom stereocenters. The Bertz CT molecular complexity index is 775. The van der Waals surface area contributed by atoms with Gasteiger partial charge < -0.3 is 0 Å². The van der Waals surface area contributed by atoms with Crippen molar-refractivity contribution >= 4 is 22.4 Å². The molecule has 0 bridgehead atoms.